The summed E-state index contributed by atoms with van der Waals surface area (Å²) in [7, 11) is 1.61. The smallest absolute Gasteiger partial charge is 0.224 e. The van der Waals surface area contributed by atoms with Crippen molar-refractivity contribution in [1.29, 1.82) is 0 Å². The van der Waals surface area contributed by atoms with Gasteiger partial charge in [-0.05, 0) is 50.3 Å². The largest absolute Gasteiger partial charge is 0.493 e. The molecule has 2 aliphatic heterocycles. The van der Waals surface area contributed by atoms with E-state index in [-0.39, 0.29) is 17.2 Å². The van der Waals surface area contributed by atoms with Crippen molar-refractivity contribution in [3.63, 3.8) is 0 Å². The maximum atomic E-state index is 13.0. The van der Waals surface area contributed by atoms with Gasteiger partial charge in [0.25, 0.3) is 0 Å². The normalized spacial score (nSPS) is 18.9. The molecule has 1 aromatic rings. The number of likely N-dealkylation sites (tertiary alicyclic amines) is 2. The van der Waals surface area contributed by atoms with Gasteiger partial charge in [-0.15, -0.1) is 0 Å². The summed E-state index contributed by atoms with van der Waals surface area (Å²) in [6, 6.07) is 7.36. The third-order valence-corrected chi connectivity index (χ3v) is 6.51. The summed E-state index contributed by atoms with van der Waals surface area (Å²) in [6.07, 6.45) is 5.74. The fourth-order valence-corrected chi connectivity index (χ4v) is 4.50. The van der Waals surface area contributed by atoms with Crippen molar-refractivity contribution in [2.75, 3.05) is 46.5 Å². The van der Waals surface area contributed by atoms with Crippen LogP contribution in [0.1, 0.15) is 44.9 Å². The van der Waals surface area contributed by atoms with E-state index in [9.17, 15) is 9.59 Å². The van der Waals surface area contributed by atoms with Crippen molar-refractivity contribution in [1.82, 2.24) is 9.80 Å². The summed E-state index contributed by atoms with van der Waals surface area (Å²) < 4.78 is 11.1. The molecule has 0 bridgehead atoms. The Labute approximate surface area is 184 Å². The monoisotopic (exact) mass is 436 g/mol. The Balaban J connectivity index is 1.65. The average Bonchev–Trinajstić information content (AvgIpc) is 2.77. The van der Waals surface area contributed by atoms with Crippen LogP contribution in [-0.2, 0) is 14.3 Å². The van der Waals surface area contributed by atoms with E-state index in [4.69, 9.17) is 21.1 Å². The summed E-state index contributed by atoms with van der Waals surface area (Å²) in [5.41, 5.74) is -0.269. The molecular formula is C23H33ClN2O4. The van der Waals surface area contributed by atoms with E-state index in [0.717, 1.165) is 38.8 Å². The van der Waals surface area contributed by atoms with Crippen LogP contribution in [0.3, 0.4) is 0 Å². The van der Waals surface area contributed by atoms with Crippen LogP contribution in [0.2, 0.25) is 5.02 Å². The minimum absolute atomic E-state index is 0.114. The SMILES string of the molecule is COCCC(=O)N1CCC(COc2cccc(Cl)c2)(CC(=O)N2CCCCC2)CC1. The van der Waals surface area contributed by atoms with E-state index >= 15 is 0 Å². The summed E-state index contributed by atoms with van der Waals surface area (Å²) in [6.45, 7) is 3.89. The molecule has 2 aliphatic rings. The summed E-state index contributed by atoms with van der Waals surface area (Å²) in [5, 5.41) is 0.629. The lowest BCUT2D eigenvalue weighted by molar-refractivity contribution is -0.139. The first-order valence-corrected chi connectivity index (χ1v) is 11.3. The van der Waals surface area contributed by atoms with Crippen LogP contribution in [0, 0.1) is 5.41 Å². The quantitative estimate of drug-likeness (QED) is 0.622. The van der Waals surface area contributed by atoms with Crippen molar-refractivity contribution >= 4 is 23.4 Å². The van der Waals surface area contributed by atoms with Crippen molar-refractivity contribution in [3.8, 4) is 5.75 Å². The van der Waals surface area contributed by atoms with Gasteiger partial charge in [0.1, 0.15) is 5.75 Å². The Hall–Kier alpha value is -1.79. The van der Waals surface area contributed by atoms with Gasteiger partial charge < -0.3 is 19.3 Å². The number of hydrogen-bond acceptors (Lipinski definition) is 4. The molecule has 2 fully saturated rings. The number of carbonyl (C=O) groups is 2. The van der Waals surface area contributed by atoms with Gasteiger partial charge in [0.15, 0.2) is 0 Å². The van der Waals surface area contributed by atoms with Gasteiger partial charge in [0.2, 0.25) is 11.8 Å². The molecule has 0 aromatic heterocycles. The van der Waals surface area contributed by atoms with Crippen LogP contribution in [0.5, 0.6) is 5.75 Å². The molecule has 0 N–H and O–H groups in total. The van der Waals surface area contributed by atoms with Gasteiger partial charge in [0, 0.05) is 50.1 Å². The van der Waals surface area contributed by atoms with Crippen LogP contribution < -0.4 is 4.74 Å². The molecule has 166 valence electrons. The van der Waals surface area contributed by atoms with E-state index in [1.807, 2.05) is 28.0 Å². The van der Waals surface area contributed by atoms with Gasteiger partial charge >= 0.3 is 0 Å². The number of nitrogens with zero attached hydrogens (tertiary/aromatic N) is 2. The molecule has 0 aliphatic carbocycles. The number of carbonyl (C=O) groups excluding carboxylic acids is 2. The lowest BCUT2D eigenvalue weighted by atomic mass is 9.75. The molecule has 0 spiro atoms. The first-order chi connectivity index (χ1) is 14.5. The van der Waals surface area contributed by atoms with Crippen LogP contribution in [0.15, 0.2) is 24.3 Å². The molecule has 0 atom stereocenters. The van der Waals surface area contributed by atoms with Crippen molar-refractivity contribution < 1.29 is 19.1 Å². The molecular weight excluding hydrogens is 404 g/mol. The predicted octanol–water partition coefficient (Wildman–Crippen LogP) is 3.77. The van der Waals surface area contributed by atoms with E-state index in [1.165, 1.54) is 6.42 Å². The van der Waals surface area contributed by atoms with Gasteiger partial charge in [0.05, 0.1) is 19.6 Å². The Kier molecular flexibility index (Phi) is 8.40. The Morgan fingerprint density at radius 2 is 1.73 bits per heavy atom. The third kappa shape index (κ3) is 6.35. The highest BCUT2D eigenvalue weighted by Crippen LogP contribution is 2.37. The maximum absolute atomic E-state index is 13.0. The van der Waals surface area contributed by atoms with E-state index in [1.54, 1.807) is 13.2 Å². The Morgan fingerprint density at radius 3 is 2.40 bits per heavy atom. The molecule has 30 heavy (non-hydrogen) atoms. The predicted molar refractivity (Wildman–Crippen MR) is 117 cm³/mol. The maximum Gasteiger partial charge on any atom is 0.224 e. The molecule has 7 heteroatoms. The number of ether oxygens (including phenoxy) is 2. The minimum Gasteiger partial charge on any atom is -0.493 e. The average molecular weight is 437 g/mol. The number of methoxy groups -OCH3 is 1. The highest BCUT2D eigenvalue weighted by Gasteiger charge is 2.39. The van der Waals surface area contributed by atoms with E-state index in [0.29, 0.717) is 49.9 Å². The second kappa shape index (κ2) is 11.0. The molecule has 0 saturated carbocycles. The van der Waals surface area contributed by atoms with Gasteiger partial charge in [-0.3, -0.25) is 9.59 Å². The van der Waals surface area contributed by atoms with Crippen LogP contribution in [0.25, 0.3) is 0 Å². The lowest BCUT2D eigenvalue weighted by Gasteiger charge is -2.42. The number of amides is 2. The molecule has 2 saturated heterocycles. The second-order valence-corrected chi connectivity index (χ2v) is 8.92. The van der Waals surface area contributed by atoms with Gasteiger partial charge in [-0.25, -0.2) is 0 Å². The fraction of sp³-hybridized carbons (Fsp3) is 0.652. The standard InChI is InChI=1S/C23H33ClN2O4/c1-29-15-8-21(27)26-13-9-23(10-14-26,17-22(28)25-11-3-2-4-12-25)18-30-20-7-5-6-19(24)16-20/h5-7,16H,2-4,8-15,17-18H2,1H3. The lowest BCUT2D eigenvalue weighted by Crippen LogP contribution is -2.48. The molecule has 0 radical (unpaired) electrons. The minimum atomic E-state index is -0.269. The highest BCUT2D eigenvalue weighted by atomic mass is 35.5. The first kappa shape index (κ1) is 22.9. The van der Waals surface area contributed by atoms with Gasteiger partial charge in [-0.2, -0.15) is 0 Å². The molecule has 6 nitrogen and oxygen atoms in total. The van der Waals surface area contributed by atoms with Crippen molar-refractivity contribution in [3.05, 3.63) is 29.3 Å². The second-order valence-electron chi connectivity index (χ2n) is 8.49. The topological polar surface area (TPSA) is 59.1 Å². The van der Waals surface area contributed by atoms with Crippen molar-refractivity contribution in [2.24, 2.45) is 5.41 Å². The number of piperidine rings is 2. The number of hydrogen-bond donors (Lipinski definition) is 0. The zero-order valence-electron chi connectivity index (χ0n) is 17.9. The molecule has 1 aromatic carbocycles. The summed E-state index contributed by atoms with van der Waals surface area (Å²) >= 11 is 6.09. The Morgan fingerprint density at radius 1 is 1.03 bits per heavy atom. The summed E-state index contributed by atoms with van der Waals surface area (Å²) in [5.74, 6) is 1.04. The summed E-state index contributed by atoms with van der Waals surface area (Å²) in [4.78, 5) is 29.3. The zero-order valence-corrected chi connectivity index (χ0v) is 18.7. The number of rotatable bonds is 8. The van der Waals surface area contributed by atoms with Gasteiger partial charge in [-0.1, -0.05) is 17.7 Å². The Bertz CT molecular complexity index is 713. The van der Waals surface area contributed by atoms with Crippen molar-refractivity contribution in [2.45, 2.75) is 44.9 Å². The highest BCUT2D eigenvalue weighted by molar-refractivity contribution is 6.30. The van der Waals surface area contributed by atoms with E-state index < -0.39 is 0 Å². The third-order valence-electron chi connectivity index (χ3n) is 6.27. The van der Waals surface area contributed by atoms with Crippen LogP contribution >= 0.6 is 11.6 Å². The fourth-order valence-electron chi connectivity index (χ4n) is 4.32. The number of halogens is 1. The molecule has 3 rings (SSSR count). The number of benzene rings is 1. The first-order valence-electron chi connectivity index (χ1n) is 10.9. The van der Waals surface area contributed by atoms with E-state index in [2.05, 4.69) is 0 Å². The molecule has 2 amide bonds. The van der Waals surface area contributed by atoms with Crippen LogP contribution in [0.4, 0.5) is 0 Å². The molecule has 2 heterocycles. The zero-order chi connectivity index (χ0) is 21.4. The molecule has 0 unspecified atom stereocenters. The van der Waals surface area contributed by atoms with Crippen LogP contribution in [-0.4, -0.2) is 68.1 Å².